The van der Waals surface area contributed by atoms with E-state index in [0.29, 0.717) is 5.56 Å². The molecule has 4 heteroatoms. The number of alkyl halides is 1. The first-order chi connectivity index (χ1) is 7.05. The van der Waals surface area contributed by atoms with Crippen molar-refractivity contribution in [1.29, 1.82) is 0 Å². The highest BCUT2D eigenvalue weighted by atomic mass is 19.1. The lowest BCUT2D eigenvalue weighted by atomic mass is 10.2. The maximum absolute atomic E-state index is 12.3. The lowest BCUT2D eigenvalue weighted by Gasteiger charge is -2.18. The minimum Gasteiger partial charge on any atom is -0.292 e. The Hall–Kier alpha value is -1.42. The highest BCUT2D eigenvalue weighted by Crippen LogP contribution is 2.11. The van der Waals surface area contributed by atoms with Crippen LogP contribution in [0.3, 0.4) is 0 Å². The van der Waals surface area contributed by atoms with Gasteiger partial charge in [0.1, 0.15) is 12.3 Å². The molecule has 1 rings (SSSR count). The first-order valence-corrected chi connectivity index (χ1v) is 4.56. The van der Waals surface area contributed by atoms with Crippen molar-refractivity contribution < 1.29 is 19.0 Å². The van der Waals surface area contributed by atoms with Crippen molar-refractivity contribution in [3.8, 4) is 0 Å². The predicted octanol–water partition coefficient (Wildman–Crippen LogP) is 2.52. The van der Waals surface area contributed by atoms with Gasteiger partial charge in [-0.25, -0.2) is 9.18 Å². The summed E-state index contributed by atoms with van der Waals surface area (Å²) in [6.07, 6.45) is 0. The van der Waals surface area contributed by atoms with Gasteiger partial charge in [0.25, 0.3) is 0 Å². The van der Waals surface area contributed by atoms with E-state index in [1.165, 1.54) is 13.8 Å². The molecular formula is C11H13FO3. The molecule has 0 amide bonds. The van der Waals surface area contributed by atoms with Gasteiger partial charge in [-0.15, -0.1) is 0 Å². The molecule has 3 nitrogen and oxygen atoms in total. The summed E-state index contributed by atoms with van der Waals surface area (Å²) in [5, 5.41) is 0. The van der Waals surface area contributed by atoms with Crippen LogP contribution < -0.4 is 0 Å². The van der Waals surface area contributed by atoms with E-state index in [1.54, 1.807) is 30.3 Å². The summed E-state index contributed by atoms with van der Waals surface area (Å²) in [5.74, 6) is -0.628. The molecule has 1 aromatic rings. The summed E-state index contributed by atoms with van der Waals surface area (Å²) in [5.41, 5.74) is -0.739. The molecule has 0 aromatic heterocycles. The van der Waals surface area contributed by atoms with Gasteiger partial charge in [0.2, 0.25) is 0 Å². The predicted molar refractivity (Wildman–Crippen MR) is 53.0 cm³/mol. The zero-order valence-corrected chi connectivity index (χ0v) is 8.70. The number of carbonyl (C=O) groups is 1. The molecule has 15 heavy (non-hydrogen) atoms. The maximum Gasteiger partial charge on any atom is 0.373 e. The van der Waals surface area contributed by atoms with Gasteiger partial charge in [-0.2, -0.15) is 4.89 Å². The summed E-state index contributed by atoms with van der Waals surface area (Å²) in [7, 11) is 0. The average molecular weight is 212 g/mol. The second-order valence-electron chi connectivity index (χ2n) is 3.71. The summed E-state index contributed by atoms with van der Waals surface area (Å²) in [6, 6.07) is 8.37. The Kier molecular flexibility index (Phi) is 3.80. The number of hydrogen-bond acceptors (Lipinski definition) is 3. The normalized spacial score (nSPS) is 11.1. The van der Waals surface area contributed by atoms with Gasteiger partial charge in [-0.05, 0) is 26.0 Å². The fourth-order valence-electron chi connectivity index (χ4n) is 0.795. The van der Waals surface area contributed by atoms with Crippen LogP contribution in [-0.2, 0) is 9.78 Å². The van der Waals surface area contributed by atoms with E-state index in [1.807, 2.05) is 0 Å². The van der Waals surface area contributed by atoms with Gasteiger partial charge >= 0.3 is 5.97 Å². The van der Waals surface area contributed by atoms with Gasteiger partial charge in [-0.3, -0.25) is 4.89 Å². The summed E-state index contributed by atoms with van der Waals surface area (Å²) < 4.78 is 12.3. The van der Waals surface area contributed by atoms with E-state index in [9.17, 15) is 9.18 Å². The lowest BCUT2D eigenvalue weighted by molar-refractivity contribution is -0.309. The summed E-state index contributed by atoms with van der Waals surface area (Å²) >= 11 is 0. The fraction of sp³-hybridized carbons (Fsp3) is 0.364. The highest BCUT2D eigenvalue weighted by Gasteiger charge is 2.22. The molecule has 0 aliphatic rings. The zero-order valence-electron chi connectivity index (χ0n) is 8.70. The third kappa shape index (κ3) is 3.67. The Morgan fingerprint density at radius 2 is 1.93 bits per heavy atom. The van der Waals surface area contributed by atoms with Crippen LogP contribution >= 0.6 is 0 Å². The van der Waals surface area contributed by atoms with Crippen molar-refractivity contribution in [2.75, 3.05) is 6.67 Å². The Morgan fingerprint density at radius 3 is 2.47 bits per heavy atom. The molecule has 0 fully saturated rings. The molecule has 0 unspecified atom stereocenters. The smallest absolute Gasteiger partial charge is 0.292 e. The molecule has 82 valence electrons. The zero-order chi connectivity index (χ0) is 11.3. The molecular weight excluding hydrogens is 199 g/mol. The monoisotopic (exact) mass is 212 g/mol. The molecule has 0 heterocycles. The molecule has 0 bridgehead atoms. The van der Waals surface area contributed by atoms with Crippen LogP contribution in [0.15, 0.2) is 30.3 Å². The molecule has 0 spiro atoms. The number of rotatable bonds is 4. The molecule has 0 saturated carbocycles. The van der Waals surface area contributed by atoms with Crippen molar-refractivity contribution >= 4 is 5.97 Å². The third-order valence-electron chi connectivity index (χ3n) is 1.67. The summed E-state index contributed by atoms with van der Waals surface area (Å²) in [6.45, 7) is 2.26. The number of benzene rings is 1. The van der Waals surface area contributed by atoms with Crippen LogP contribution in [0.1, 0.15) is 24.2 Å². The van der Waals surface area contributed by atoms with E-state index in [-0.39, 0.29) is 0 Å². The standard InChI is InChI=1S/C11H13FO3/c1-11(2,8-12)15-14-10(13)9-6-4-3-5-7-9/h3-7H,8H2,1-2H3. The van der Waals surface area contributed by atoms with Crippen LogP contribution in [-0.4, -0.2) is 18.2 Å². The van der Waals surface area contributed by atoms with Gasteiger partial charge < -0.3 is 0 Å². The minimum atomic E-state index is -1.11. The van der Waals surface area contributed by atoms with E-state index >= 15 is 0 Å². The average Bonchev–Trinajstić information content (AvgIpc) is 2.27. The fourth-order valence-corrected chi connectivity index (χ4v) is 0.795. The number of carbonyl (C=O) groups excluding carboxylic acids is 1. The molecule has 1 aromatic carbocycles. The van der Waals surface area contributed by atoms with Crippen molar-refractivity contribution in [3.05, 3.63) is 35.9 Å². The van der Waals surface area contributed by atoms with E-state index < -0.39 is 18.2 Å². The highest BCUT2D eigenvalue weighted by molar-refractivity contribution is 5.88. The number of halogens is 1. The van der Waals surface area contributed by atoms with Crippen molar-refractivity contribution in [2.45, 2.75) is 19.4 Å². The van der Waals surface area contributed by atoms with Gasteiger partial charge in [-0.1, -0.05) is 18.2 Å². The first kappa shape index (κ1) is 11.7. The van der Waals surface area contributed by atoms with Crippen molar-refractivity contribution in [2.24, 2.45) is 0 Å². The Labute approximate surface area is 87.7 Å². The quantitative estimate of drug-likeness (QED) is 0.568. The second kappa shape index (κ2) is 4.89. The Balaban J connectivity index is 2.51. The largest absolute Gasteiger partial charge is 0.373 e. The molecule has 0 aliphatic carbocycles. The topological polar surface area (TPSA) is 35.5 Å². The third-order valence-corrected chi connectivity index (χ3v) is 1.67. The van der Waals surface area contributed by atoms with Crippen LogP contribution in [0.5, 0.6) is 0 Å². The maximum atomic E-state index is 12.3. The first-order valence-electron chi connectivity index (χ1n) is 4.56. The molecule has 0 radical (unpaired) electrons. The Bertz CT molecular complexity index is 322. The van der Waals surface area contributed by atoms with Crippen LogP contribution in [0.4, 0.5) is 4.39 Å². The van der Waals surface area contributed by atoms with Crippen LogP contribution in [0, 0.1) is 0 Å². The molecule has 0 N–H and O–H groups in total. The molecule has 0 aliphatic heterocycles. The number of hydrogen-bond donors (Lipinski definition) is 0. The molecule has 0 atom stereocenters. The lowest BCUT2D eigenvalue weighted by Crippen LogP contribution is -2.28. The Morgan fingerprint density at radius 1 is 1.33 bits per heavy atom. The SMILES string of the molecule is CC(C)(CF)OOC(=O)c1ccccc1. The molecule has 0 saturated heterocycles. The minimum absolute atomic E-state index is 0.368. The van der Waals surface area contributed by atoms with Crippen molar-refractivity contribution in [1.82, 2.24) is 0 Å². The van der Waals surface area contributed by atoms with Crippen LogP contribution in [0.2, 0.25) is 0 Å². The van der Waals surface area contributed by atoms with E-state index in [4.69, 9.17) is 0 Å². The van der Waals surface area contributed by atoms with Gasteiger partial charge in [0, 0.05) is 0 Å². The van der Waals surface area contributed by atoms with Crippen LogP contribution in [0.25, 0.3) is 0 Å². The van der Waals surface area contributed by atoms with E-state index in [0.717, 1.165) is 0 Å². The van der Waals surface area contributed by atoms with Gasteiger partial charge in [0.05, 0.1) is 5.56 Å². The van der Waals surface area contributed by atoms with Gasteiger partial charge in [0.15, 0.2) is 0 Å². The van der Waals surface area contributed by atoms with Crippen molar-refractivity contribution in [3.63, 3.8) is 0 Å². The summed E-state index contributed by atoms with van der Waals surface area (Å²) in [4.78, 5) is 20.5. The second-order valence-corrected chi connectivity index (χ2v) is 3.71. The van der Waals surface area contributed by atoms with E-state index in [2.05, 4.69) is 9.78 Å².